The third-order valence-corrected chi connectivity index (χ3v) is 8.16. The highest BCUT2D eigenvalue weighted by Gasteiger charge is 2.52. The molecule has 1 aromatic carbocycles. The van der Waals surface area contributed by atoms with E-state index >= 15 is 0 Å². The van der Waals surface area contributed by atoms with Gasteiger partial charge in [-0.1, -0.05) is 24.3 Å². The molecule has 1 heterocycles. The minimum Gasteiger partial charge on any atom is -0.482 e. The third kappa shape index (κ3) is 5.07. The summed E-state index contributed by atoms with van der Waals surface area (Å²) in [4.78, 5) is 14.6. The number of hydrogen-bond acceptors (Lipinski definition) is 7. The van der Waals surface area contributed by atoms with Gasteiger partial charge >= 0.3 is 0 Å². The molecule has 2 aliphatic rings. The van der Waals surface area contributed by atoms with E-state index in [0.717, 1.165) is 0 Å². The van der Waals surface area contributed by atoms with Crippen LogP contribution in [0.2, 0.25) is 0 Å². The normalized spacial score (nSPS) is 19.2. The molecule has 1 amide bonds. The predicted octanol–water partition coefficient (Wildman–Crippen LogP) is 1.88. The third-order valence-electron chi connectivity index (χ3n) is 5.65. The molecule has 0 saturated carbocycles. The number of rotatable bonds is 8. The number of methoxy groups -OCH3 is 1. The first-order valence-electron chi connectivity index (χ1n) is 10.1. The standard InChI is InChI=1S/C22H28N2O6S/c1-29-17-16-24-14-12-22(13-15-24,21(25)23-26)31(27,28)20-10-8-19(9-11-20)30-18-6-4-2-3-5-7-18/h2-11,18,26H,12-17H2,1H3,(H,23,25). The summed E-state index contributed by atoms with van der Waals surface area (Å²) < 4.78 is 36.2. The number of sulfone groups is 1. The lowest BCUT2D eigenvalue weighted by Crippen LogP contribution is -2.57. The summed E-state index contributed by atoms with van der Waals surface area (Å²) in [6.07, 6.45) is 11.2. The second-order valence-corrected chi connectivity index (χ2v) is 9.74. The van der Waals surface area contributed by atoms with Gasteiger partial charge < -0.3 is 14.4 Å². The van der Waals surface area contributed by atoms with E-state index in [1.807, 2.05) is 41.4 Å². The lowest BCUT2D eigenvalue weighted by molar-refractivity contribution is -0.133. The fourth-order valence-electron chi connectivity index (χ4n) is 3.78. The number of carbonyl (C=O) groups excluding carboxylic acids is 1. The van der Waals surface area contributed by atoms with E-state index in [1.165, 1.54) is 12.1 Å². The van der Waals surface area contributed by atoms with Gasteiger partial charge in [-0.2, -0.15) is 0 Å². The van der Waals surface area contributed by atoms with Crippen molar-refractivity contribution in [2.24, 2.45) is 0 Å². The van der Waals surface area contributed by atoms with E-state index in [-0.39, 0.29) is 23.8 Å². The highest BCUT2D eigenvalue weighted by atomic mass is 32.2. The fourth-order valence-corrected chi connectivity index (χ4v) is 5.73. The minimum absolute atomic E-state index is 0.0161. The number of allylic oxidation sites excluding steroid dienone is 4. The number of piperidine rings is 1. The van der Waals surface area contributed by atoms with Gasteiger partial charge in [-0.05, 0) is 49.3 Å². The lowest BCUT2D eigenvalue weighted by atomic mass is 9.95. The molecule has 2 N–H and O–H groups in total. The van der Waals surface area contributed by atoms with E-state index in [9.17, 15) is 18.4 Å². The summed E-state index contributed by atoms with van der Waals surface area (Å²) in [5.74, 6) is -0.393. The van der Waals surface area contributed by atoms with Crippen molar-refractivity contribution in [1.82, 2.24) is 10.4 Å². The minimum atomic E-state index is -4.06. The molecule has 0 bridgehead atoms. The largest absolute Gasteiger partial charge is 0.482 e. The zero-order valence-corrected chi connectivity index (χ0v) is 18.3. The molecule has 0 atom stereocenters. The Morgan fingerprint density at radius 1 is 1.13 bits per heavy atom. The molecule has 0 unspecified atom stereocenters. The molecule has 0 spiro atoms. The van der Waals surface area contributed by atoms with Crippen molar-refractivity contribution in [1.29, 1.82) is 0 Å². The van der Waals surface area contributed by atoms with E-state index in [4.69, 9.17) is 9.47 Å². The van der Waals surface area contributed by atoms with Crippen molar-refractivity contribution in [2.75, 3.05) is 33.4 Å². The maximum absolute atomic E-state index is 13.5. The average Bonchev–Trinajstić information content (AvgIpc) is 3.06. The lowest BCUT2D eigenvalue weighted by Gasteiger charge is -2.39. The van der Waals surface area contributed by atoms with Gasteiger partial charge in [0.1, 0.15) is 11.9 Å². The number of nitrogens with zero attached hydrogens (tertiary/aromatic N) is 1. The zero-order chi connectivity index (χ0) is 22.3. The van der Waals surface area contributed by atoms with E-state index in [1.54, 1.807) is 24.7 Å². The molecule has 3 rings (SSSR count). The topological polar surface area (TPSA) is 105 Å². The van der Waals surface area contributed by atoms with Gasteiger partial charge in [-0.25, -0.2) is 13.9 Å². The number of ether oxygens (including phenoxy) is 2. The molecule has 1 fully saturated rings. The van der Waals surface area contributed by atoms with E-state index < -0.39 is 20.5 Å². The smallest absolute Gasteiger partial charge is 0.265 e. The first-order valence-corrected chi connectivity index (χ1v) is 11.6. The van der Waals surface area contributed by atoms with E-state index in [2.05, 4.69) is 0 Å². The van der Waals surface area contributed by atoms with Crippen molar-refractivity contribution in [3.63, 3.8) is 0 Å². The van der Waals surface area contributed by atoms with Crippen molar-refractivity contribution in [2.45, 2.75) is 28.6 Å². The number of hydroxylamine groups is 1. The number of nitrogens with one attached hydrogen (secondary N) is 1. The van der Waals surface area contributed by atoms with Gasteiger partial charge in [0.25, 0.3) is 5.91 Å². The number of hydrogen-bond donors (Lipinski definition) is 2. The molecular weight excluding hydrogens is 420 g/mol. The summed E-state index contributed by atoms with van der Waals surface area (Å²) in [5.41, 5.74) is 1.57. The number of amides is 1. The highest BCUT2D eigenvalue weighted by Crippen LogP contribution is 2.36. The van der Waals surface area contributed by atoms with Gasteiger partial charge in [-0.15, -0.1) is 0 Å². The number of benzene rings is 1. The molecule has 0 aromatic heterocycles. The molecule has 9 heteroatoms. The molecule has 1 aliphatic carbocycles. The summed E-state index contributed by atoms with van der Waals surface area (Å²) in [5, 5.41) is 9.28. The maximum atomic E-state index is 13.5. The van der Waals surface area contributed by atoms with Crippen LogP contribution in [-0.2, 0) is 19.4 Å². The fraction of sp³-hybridized carbons (Fsp3) is 0.409. The van der Waals surface area contributed by atoms with Gasteiger partial charge in [0.2, 0.25) is 0 Å². The maximum Gasteiger partial charge on any atom is 0.265 e. The number of likely N-dealkylation sites (tertiary alicyclic amines) is 1. The van der Waals surface area contributed by atoms with Gasteiger partial charge in [0, 0.05) is 26.7 Å². The van der Waals surface area contributed by atoms with Crippen LogP contribution in [0.5, 0.6) is 5.75 Å². The second kappa shape index (κ2) is 10.2. The Kier molecular flexibility index (Phi) is 7.66. The first-order chi connectivity index (χ1) is 14.9. The van der Waals surface area contributed by atoms with Crippen LogP contribution in [-0.4, -0.2) is 68.6 Å². The van der Waals surface area contributed by atoms with Crippen molar-refractivity contribution in [3.05, 3.63) is 60.7 Å². The molecule has 1 saturated heterocycles. The van der Waals surface area contributed by atoms with Gasteiger partial charge in [-0.3, -0.25) is 10.0 Å². The Morgan fingerprint density at radius 3 is 2.29 bits per heavy atom. The summed E-state index contributed by atoms with van der Waals surface area (Å²) in [6.45, 7) is 1.99. The van der Waals surface area contributed by atoms with Crippen LogP contribution in [0.1, 0.15) is 12.8 Å². The SMILES string of the molecule is COCCN1CCC(C(=O)NO)(S(=O)(=O)c2ccc(OC3C=CC=CC=C3)cc2)CC1. The summed E-state index contributed by atoms with van der Waals surface area (Å²) >= 11 is 0. The molecular formula is C22H28N2O6S. The number of carbonyl (C=O) groups is 1. The molecule has 0 radical (unpaired) electrons. The van der Waals surface area contributed by atoms with Gasteiger partial charge in [0.05, 0.1) is 11.5 Å². The van der Waals surface area contributed by atoms with Crippen LogP contribution in [0.25, 0.3) is 0 Å². The van der Waals surface area contributed by atoms with Gasteiger partial charge in [0.15, 0.2) is 14.6 Å². The predicted molar refractivity (Wildman–Crippen MR) is 116 cm³/mol. The van der Waals surface area contributed by atoms with Crippen molar-refractivity contribution < 1.29 is 27.9 Å². The van der Waals surface area contributed by atoms with E-state index in [0.29, 0.717) is 32.0 Å². The molecule has 1 aromatic rings. The quantitative estimate of drug-likeness (QED) is 0.462. The van der Waals surface area contributed by atoms with Crippen LogP contribution < -0.4 is 10.2 Å². The van der Waals surface area contributed by atoms with Crippen molar-refractivity contribution >= 4 is 15.7 Å². The highest BCUT2D eigenvalue weighted by molar-refractivity contribution is 7.93. The van der Waals surface area contributed by atoms with Crippen LogP contribution in [0.3, 0.4) is 0 Å². The molecule has 1 aliphatic heterocycles. The average molecular weight is 449 g/mol. The molecule has 8 nitrogen and oxygen atoms in total. The first kappa shape index (κ1) is 23.2. The summed E-state index contributed by atoms with van der Waals surface area (Å²) in [7, 11) is -2.46. The van der Waals surface area contributed by atoms with Crippen LogP contribution in [0, 0.1) is 0 Å². The Morgan fingerprint density at radius 2 is 1.74 bits per heavy atom. The van der Waals surface area contributed by atoms with Crippen LogP contribution in [0.15, 0.2) is 65.6 Å². The molecule has 168 valence electrons. The second-order valence-electron chi connectivity index (χ2n) is 7.48. The Labute approximate surface area is 182 Å². The Bertz CT molecular complexity index is 929. The Balaban J connectivity index is 1.79. The Hall–Kier alpha value is -2.46. The zero-order valence-electron chi connectivity index (χ0n) is 17.4. The molecule has 31 heavy (non-hydrogen) atoms. The van der Waals surface area contributed by atoms with Crippen LogP contribution >= 0.6 is 0 Å². The monoisotopic (exact) mass is 448 g/mol. The van der Waals surface area contributed by atoms with Crippen molar-refractivity contribution in [3.8, 4) is 5.75 Å². The summed E-state index contributed by atoms with van der Waals surface area (Å²) in [6, 6.07) is 6.03. The van der Waals surface area contributed by atoms with Crippen LogP contribution in [0.4, 0.5) is 0 Å².